The van der Waals surface area contributed by atoms with E-state index in [9.17, 15) is 19.5 Å². The van der Waals surface area contributed by atoms with E-state index in [0.29, 0.717) is 0 Å². The normalized spacial score (nSPS) is 13.4. The zero-order valence-corrected chi connectivity index (χ0v) is 23.4. The highest BCUT2D eigenvalue weighted by atomic mass is 16.5. The molecule has 0 fully saturated rings. The molecule has 4 aromatic rings. The lowest BCUT2D eigenvalue weighted by Gasteiger charge is -2.23. The highest BCUT2D eigenvalue weighted by Crippen LogP contribution is 2.44. The van der Waals surface area contributed by atoms with E-state index in [2.05, 4.69) is 22.8 Å². The molecule has 0 radical (unpaired) electrons. The quantitative estimate of drug-likeness (QED) is 0.213. The summed E-state index contributed by atoms with van der Waals surface area (Å²) in [7, 11) is 0. The average molecular weight is 565 g/mol. The number of carboxylic acids is 1. The maximum Gasteiger partial charge on any atom is 0.411 e. The first-order valence-corrected chi connectivity index (χ1v) is 13.7. The Labute approximate surface area is 244 Å². The van der Waals surface area contributed by atoms with Gasteiger partial charge in [-0.05, 0) is 53.8 Å². The van der Waals surface area contributed by atoms with Gasteiger partial charge in [0.15, 0.2) is 6.04 Å². The van der Waals surface area contributed by atoms with E-state index in [1.54, 1.807) is 32.0 Å². The molecule has 8 nitrogen and oxygen atoms in total. The summed E-state index contributed by atoms with van der Waals surface area (Å²) in [5.41, 5.74) is 6.38. The van der Waals surface area contributed by atoms with E-state index in [-0.39, 0.29) is 30.4 Å². The van der Waals surface area contributed by atoms with Crippen LogP contribution in [0.25, 0.3) is 11.1 Å². The molecule has 0 unspecified atom stereocenters. The molecule has 1 aliphatic rings. The smallest absolute Gasteiger partial charge is 0.411 e. The number of fused-ring (bicyclic) bond motifs is 3. The minimum absolute atomic E-state index is 0.113. The number of amides is 2. The maximum atomic E-state index is 13.3. The molecule has 0 saturated carbocycles. The van der Waals surface area contributed by atoms with Gasteiger partial charge in [-0.25, -0.2) is 9.59 Å². The Morgan fingerprint density at radius 3 is 2.12 bits per heavy atom. The molecule has 0 bridgehead atoms. The number of carboxylic acid groups (broad SMARTS) is 1. The number of ether oxygens (including phenoxy) is 2. The van der Waals surface area contributed by atoms with Crippen molar-refractivity contribution in [2.75, 3.05) is 11.9 Å². The largest absolute Gasteiger partial charge is 0.480 e. The van der Waals surface area contributed by atoms with Crippen molar-refractivity contribution >= 4 is 23.7 Å². The van der Waals surface area contributed by atoms with Gasteiger partial charge in [0, 0.05) is 5.92 Å². The molecule has 8 heteroatoms. The molecule has 2 atom stereocenters. The van der Waals surface area contributed by atoms with Crippen LogP contribution in [0.4, 0.5) is 10.5 Å². The first kappa shape index (κ1) is 28.6. The van der Waals surface area contributed by atoms with Gasteiger partial charge in [-0.2, -0.15) is 0 Å². The number of anilines is 1. The van der Waals surface area contributed by atoms with E-state index in [4.69, 9.17) is 9.47 Å². The van der Waals surface area contributed by atoms with Gasteiger partial charge in [0.25, 0.3) is 5.91 Å². The van der Waals surface area contributed by atoms with Gasteiger partial charge < -0.3 is 19.9 Å². The number of carbonyl (C=O) groups excluding carboxylic acids is 2. The van der Waals surface area contributed by atoms with Crippen LogP contribution >= 0.6 is 0 Å². The molecular weight excluding hydrogens is 532 g/mol. The summed E-state index contributed by atoms with van der Waals surface area (Å²) in [6.45, 7) is 3.70. The summed E-state index contributed by atoms with van der Waals surface area (Å²) < 4.78 is 11.4. The van der Waals surface area contributed by atoms with Crippen LogP contribution in [0, 0.1) is 6.92 Å². The second kappa shape index (κ2) is 12.7. The van der Waals surface area contributed by atoms with Gasteiger partial charge in [0.2, 0.25) is 0 Å². The first-order chi connectivity index (χ1) is 20.3. The van der Waals surface area contributed by atoms with Gasteiger partial charge >= 0.3 is 12.1 Å². The monoisotopic (exact) mass is 564 g/mol. The van der Waals surface area contributed by atoms with Crippen LogP contribution in [0.15, 0.2) is 97.1 Å². The number of hydrogen-bond acceptors (Lipinski definition) is 5. The lowest BCUT2D eigenvalue weighted by molar-refractivity contribution is -0.143. The molecule has 0 saturated heterocycles. The van der Waals surface area contributed by atoms with Gasteiger partial charge in [-0.1, -0.05) is 90.5 Å². The Hall–Kier alpha value is -4.95. The van der Waals surface area contributed by atoms with Crippen LogP contribution in [-0.2, 0) is 20.9 Å². The van der Waals surface area contributed by atoms with Crippen molar-refractivity contribution in [3.05, 3.63) is 125 Å². The Balaban J connectivity index is 1.25. The number of rotatable bonds is 10. The van der Waals surface area contributed by atoms with E-state index in [1.807, 2.05) is 66.7 Å². The Bertz CT molecular complexity index is 1560. The van der Waals surface area contributed by atoms with E-state index in [0.717, 1.165) is 33.4 Å². The van der Waals surface area contributed by atoms with Crippen molar-refractivity contribution in [1.29, 1.82) is 0 Å². The van der Waals surface area contributed by atoms with Crippen molar-refractivity contribution < 1.29 is 29.0 Å². The predicted molar refractivity (Wildman–Crippen MR) is 159 cm³/mol. The SMILES string of the molecule is Cc1ccc(NC(=O)OCC2c3ccccc3-c3ccccc32)c(C(=O)N[C@H](C(=O)O)[C@@H](C)OCc2ccccc2)c1. The Morgan fingerprint density at radius 2 is 1.48 bits per heavy atom. The third kappa shape index (κ3) is 6.34. The molecule has 42 heavy (non-hydrogen) atoms. The summed E-state index contributed by atoms with van der Waals surface area (Å²) in [5.74, 6) is -2.00. The minimum atomic E-state index is -1.32. The van der Waals surface area contributed by atoms with Gasteiger partial charge in [0.05, 0.1) is 24.0 Å². The zero-order valence-electron chi connectivity index (χ0n) is 23.4. The second-order valence-electron chi connectivity index (χ2n) is 10.3. The van der Waals surface area contributed by atoms with Crippen LogP contribution in [0.1, 0.15) is 45.5 Å². The molecule has 214 valence electrons. The fraction of sp³-hybridized carbons (Fsp3) is 0.206. The van der Waals surface area contributed by atoms with Gasteiger partial charge in [0.1, 0.15) is 6.61 Å². The molecular formula is C34H32N2O6. The Kier molecular flexibility index (Phi) is 8.64. The van der Waals surface area contributed by atoms with Crippen LogP contribution in [0.3, 0.4) is 0 Å². The third-order valence-corrected chi connectivity index (χ3v) is 7.38. The van der Waals surface area contributed by atoms with Gasteiger partial charge in [-0.15, -0.1) is 0 Å². The van der Waals surface area contributed by atoms with Gasteiger partial charge in [-0.3, -0.25) is 10.1 Å². The molecule has 5 rings (SSSR count). The number of benzene rings is 4. The van der Waals surface area contributed by atoms with E-state index < -0.39 is 30.1 Å². The van der Waals surface area contributed by atoms with Crippen molar-refractivity contribution in [2.45, 2.75) is 38.5 Å². The lowest BCUT2D eigenvalue weighted by atomic mass is 9.98. The fourth-order valence-electron chi connectivity index (χ4n) is 5.20. The van der Waals surface area contributed by atoms with Crippen LogP contribution in [0.5, 0.6) is 0 Å². The average Bonchev–Trinajstić information content (AvgIpc) is 3.32. The molecule has 0 aliphatic heterocycles. The Morgan fingerprint density at radius 1 is 0.857 bits per heavy atom. The molecule has 0 spiro atoms. The van der Waals surface area contributed by atoms with Crippen molar-refractivity contribution in [1.82, 2.24) is 5.32 Å². The van der Waals surface area contributed by atoms with E-state index >= 15 is 0 Å². The number of aliphatic carboxylic acids is 1. The lowest BCUT2D eigenvalue weighted by Crippen LogP contribution is -2.48. The number of hydrogen-bond donors (Lipinski definition) is 3. The zero-order chi connectivity index (χ0) is 29.6. The van der Waals surface area contributed by atoms with Crippen LogP contribution in [-0.4, -0.2) is 41.8 Å². The summed E-state index contributed by atoms with van der Waals surface area (Å²) in [4.78, 5) is 38.3. The first-order valence-electron chi connectivity index (χ1n) is 13.7. The maximum absolute atomic E-state index is 13.3. The highest BCUT2D eigenvalue weighted by molar-refractivity contribution is 6.04. The molecule has 3 N–H and O–H groups in total. The van der Waals surface area contributed by atoms with E-state index in [1.165, 1.54) is 0 Å². The molecule has 0 aromatic heterocycles. The number of carbonyl (C=O) groups is 3. The topological polar surface area (TPSA) is 114 Å². The highest BCUT2D eigenvalue weighted by Gasteiger charge is 2.30. The third-order valence-electron chi connectivity index (χ3n) is 7.38. The van der Waals surface area contributed by atoms with Crippen molar-refractivity contribution in [2.24, 2.45) is 0 Å². The van der Waals surface area contributed by atoms with Crippen molar-refractivity contribution in [3.8, 4) is 11.1 Å². The summed E-state index contributed by atoms with van der Waals surface area (Å²) in [5, 5.41) is 15.1. The molecule has 1 aliphatic carbocycles. The molecule has 0 heterocycles. The van der Waals surface area contributed by atoms with Crippen molar-refractivity contribution in [3.63, 3.8) is 0 Å². The molecule has 2 amide bonds. The van der Waals surface area contributed by atoms with Crippen LogP contribution < -0.4 is 10.6 Å². The second-order valence-corrected chi connectivity index (χ2v) is 10.3. The predicted octanol–water partition coefficient (Wildman–Crippen LogP) is 6.14. The van der Waals surface area contributed by atoms with Crippen LogP contribution in [0.2, 0.25) is 0 Å². The fourth-order valence-corrected chi connectivity index (χ4v) is 5.20. The summed E-state index contributed by atoms with van der Waals surface area (Å²) in [6, 6.07) is 29.0. The number of nitrogens with one attached hydrogen (secondary N) is 2. The standard InChI is InChI=1S/C34H32N2O6/c1-21-16-17-30(28(18-21)32(37)36-31(33(38)39)22(2)41-19-23-10-4-3-5-11-23)35-34(40)42-20-29-26-14-8-6-12-24(26)25-13-7-9-15-27(25)29/h3-18,22,29,31H,19-20H2,1-2H3,(H,35,40)(H,36,37)(H,38,39)/t22-,31+/m1/s1. The minimum Gasteiger partial charge on any atom is -0.480 e. The molecule has 4 aromatic carbocycles. The summed E-state index contributed by atoms with van der Waals surface area (Å²) >= 11 is 0. The number of aryl methyl sites for hydroxylation is 1. The summed E-state index contributed by atoms with van der Waals surface area (Å²) in [6.07, 6.45) is -1.54.